The second-order valence-electron chi connectivity index (χ2n) is 8.61. The van der Waals surface area contributed by atoms with Crippen molar-refractivity contribution in [3.05, 3.63) is 58.4 Å². The van der Waals surface area contributed by atoms with Crippen LogP contribution in [0.5, 0.6) is 11.5 Å². The number of amides is 1. The molecule has 8 heteroatoms. The Morgan fingerprint density at radius 2 is 1.64 bits per heavy atom. The minimum atomic E-state index is -0.0875. The first-order chi connectivity index (χ1) is 15.9. The summed E-state index contributed by atoms with van der Waals surface area (Å²) in [5, 5.41) is 0. The molecule has 0 spiro atoms. The molecule has 0 aliphatic carbocycles. The smallest absolute Gasteiger partial charge is 0.294 e. The van der Waals surface area contributed by atoms with Crippen LogP contribution in [0.1, 0.15) is 24.2 Å². The quantitative estimate of drug-likeness (QED) is 0.575. The predicted molar refractivity (Wildman–Crippen MR) is 129 cm³/mol. The first-order valence-corrected chi connectivity index (χ1v) is 11.2. The van der Waals surface area contributed by atoms with Crippen molar-refractivity contribution in [2.75, 3.05) is 45.3 Å². The molecule has 1 amide bonds. The van der Waals surface area contributed by atoms with E-state index in [1.54, 1.807) is 37.3 Å². The molecule has 0 saturated carbocycles. The lowest BCUT2D eigenvalue weighted by molar-refractivity contribution is 0.0745. The third-order valence-corrected chi connectivity index (χ3v) is 5.85. The number of piperazine rings is 1. The zero-order valence-electron chi connectivity index (χ0n) is 19.6. The number of methoxy groups -OCH3 is 2. The first kappa shape index (κ1) is 22.6. The number of ether oxygens (including phenoxy) is 2. The van der Waals surface area contributed by atoms with E-state index in [1.165, 1.54) is 0 Å². The van der Waals surface area contributed by atoms with Gasteiger partial charge in [-0.05, 0) is 30.2 Å². The van der Waals surface area contributed by atoms with E-state index in [2.05, 4.69) is 13.8 Å². The van der Waals surface area contributed by atoms with Crippen LogP contribution < -0.4 is 19.9 Å². The number of rotatable bonds is 6. The van der Waals surface area contributed by atoms with Crippen molar-refractivity contribution < 1.29 is 14.3 Å². The van der Waals surface area contributed by atoms with Gasteiger partial charge in [0.1, 0.15) is 11.5 Å². The Morgan fingerprint density at radius 3 is 2.24 bits per heavy atom. The highest BCUT2D eigenvalue weighted by atomic mass is 16.5. The average Bonchev–Trinajstić information content (AvgIpc) is 2.84. The topological polar surface area (TPSA) is 76.9 Å². The van der Waals surface area contributed by atoms with E-state index in [-0.39, 0.29) is 11.5 Å². The normalized spacial score (nSPS) is 14.1. The number of hydrogen-bond donors (Lipinski definition) is 0. The van der Waals surface area contributed by atoms with Crippen LogP contribution in [0.3, 0.4) is 0 Å². The van der Waals surface area contributed by atoms with Gasteiger partial charge in [0.05, 0.1) is 25.3 Å². The lowest BCUT2D eigenvalue weighted by Gasteiger charge is -2.35. The molecule has 1 aliphatic rings. The minimum absolute atomic E-state index is 0.0836. The summed E-state index contributed by atoms with van der Waals surface area (Å²) in [6.45, 7) is 6.89. The Balaban J connectivity index is 1.56. The number of anilines is 1. The number of nitrogens with zero attached hydrogens (tertiary/aromatic N) is 4. The van der Waals surface area contributed by atoms with Crippen molar-refractivity contribution in [1.82, 2.24) is 14.5 Å². The summed E-state index contributed by atoms with van der Waals surface area (Å²) in [7, 11) is 3.12. The molecule has 1 aromatic heterocycles. The number of benzene rings is 2. The second-order valence-corrected chi connectivity index (χ2v) is 8.61. The van der Waals surface area contributed by atoms with Gasteiger partial charge in [-0.25, -0.2) is 4.98 Å². The molecule has 33 heavy (non-hydrogen) atoms. The molecular formula is C25H30N4O4. The summed E-state index contributed by atoms with van der Waals surface area (Å²) in [6, 6.07) is 12.9. The summed E-state index contributed by atoms with van der Waals surface area (Å²) >= 11 is 0. The molecule has 2 heterocycles. The third-order valence-electron chi connectivity index (χ3n) is 5.85. The zero-order valence-corrected chi connectivity index (χ0v) is 19.6. The second kappa shape index (κ2) is 9.52. The van der Waals surface area contributed by atoms with Gasteiger partial charge in [-0.15, -0.1) is 0 Å². The van der Waals surface area contributed by atoms with Gasteiger partial charge in [0, 0.05) is 44.4 Å². The van der Waals surface area contributed by atoms with Crippen molar-refractivity contribution in [3.8, 4) is 11.5 Å². The van der Waals surface area contributed by atoms with Crippen molar-refractivity contribution in [1.29, 1.82) is 0 Å². The Bertz CT molecular complexity index is 1190. The lowest BCUT2D eigenvalue weighted by atomic mass is 10.1. The summed E-state index contributed by atoms with van der Waals surface area (Å²) in [5.41, 5.74) is 2.08. The average molecular weight is 451 g/mol. The zero-order chi connectivity index (χ0) is 23.5. The van der Waals surface area contributed by atoms with Crippen LogP contribution in [0.15, 0.2) is 47.3 Å². The molecule has 8 nitrogen and oxygen atoms in total. The van der Waals surface area contributed by atoms with E-state index in [0.717, 1.165) is 11.0 Å². The van der Waals surface area contributed by atoms with E-state index in [0.29, 0.717) is 61.5 Å². The fraction of sp³-hybridized carbons (Fsp3) is 0.400. The molecule has 174 valence electrons. The lowest BCUT2D eigenvalue weighted by Crippen LogP contribution is -2.50. The Morgan fingerprint density at radius 1 is 1.00 bits per heavy atom. The van der Waals surface area contributed by atoms with Gasteiger partial charge in [-0.3, -0.25) is 9.59 Å². The maximum Gasteiger partial charge on any atom is 0.294 e. The predicted octanol–water partition coefficient (Wildman–Crippen LogP) is 3.03. The maximum atomic E-state index is 13.3. The van der Waals surface area contributed by atoms with Gasteiger partial charge in [-0.2, -0.15) is 0 Å². The number of carbonyl (C=O) groups excluding carboxylic acids is 1. The van der Waals surface area contributed by atoms with Gasteiger partial charge >= 0.3 is 0 Å². The SMILES string of the molecule is COc1cc(OC)cc(C(=O)N2CCN(c3nc4ccccc4n(CC(C)C)c3=O)CC2)c1. The van der Waals surface area contributed by atoms with Gasteiger partial charge in [0.15, 0.2) is 5.82 Å². The van der Waals surface area contributed by atoms with Crippen LogP contribution in [0.25, 0.3) is 11.0 Å². The number of para-hydroxylation sites is 2. The molecule has 1 fully saturated rings. The molecule has 0 unspecified atom stereocenters. The van der Waals surface area contributed by atoms with Gasteiger partial charge in [0.25, 0.3) is 11.5 Å². The highest BCUT2D eigenvalue weighted by Crippen LogP contribution is 2.24. The van der Waals surface area contributed by atoms with Crippen LogP contribution in [0.4, 0.5) is 5.82 Å². The van der Waals surface area contributed by atoms with Crippen molar-refractivity contribution >= 4 is 22.8 Å². The van der Waals surface area contributed by atoms with E-state index in [1.807, 2.05) is 33.7 Å². The minimum Gasteiger partial charge on any atom is -0.497 e. The van der Waals surface area contributed by atoms with Gasteiger partial charge < -0.3 is 23.8 Å². The monoisotopic (exact) mass is 450 g/mol. The summed E-state index contributed by atoms with van der Waals surface area (Å²) in [5.74, 6) is 1.83. The number of carbonyl (C=O) groups is 1. The third kappa shape index (κ3) is 4.65. The molecule has 3 aromatic rings. The molecule has 4 rings (SSSR count). The van der Waals surface area contributed by atoms with Gasteiger partial charge in [-0.1, -0.05) is 26.0 Å². The summed E-state index contributed by atoms with van der Waals surface area (Å²) in [6.07, 6.45) is 0. The summed E-state index contributed by atoms with van der Waals surface area (Å²) in [4.78, 5) is 34.9. The van der Waals surface area contributed by atoms with Crippen LogP contribution in [0.2, 0.25) is 0 Å². The van der Waals surface area contributed by atoms with E-state index in [4.69, 9.17) is 14.5 Å². The molecule has 2 aromatic carbocycles. The number of fused-ring (bicyclic) bond motifs is 1. The molecule has 1 aliphatic heterocycles. The maximum absolute atomic E-state index is 13.3. The van der Waals surface area contributed by atoms with Crippen molar-refractivity contribution in [3.63, 3.8) is 0 Å². The number of hydrogen-bond acceptors (Lipinski definition) is 6. The molecule has 0 atom stereocenters. The Kier molecular flexibility index (Phi) is 6.53. The van der Waals surface area contributed by atoms with E-state index < -0.39 is 0 Å². The number of aromatic nitrogens is 2. The summed E-state index contributed by atoms with van der Waals surface area (Å²) < 4.78 is 12.4. The van der Waals surface area contributed by atoms with Crippen LogP contribution >= 0.6 is 0 Å². The fourth-order valence-electron chi connectivity index (χ4n) is 4.17. The highest BCUT2D eigenvalue weighted by molar-refractivity contribution is 5.95. The molecular weight excluding hydrogens is 420 g/mol. The highest BCUT2D eigenvalue weighted by Gasteiger charge is 2.26. The van der Waals surface area contributed by atoms with E-state index in [9.17, 15) is 9.59 Å². The van der Waals surface area contributed by atoms with Crippen molar-refractivity contribution in [2.45, 2.75) is 20.4 Å². The Labute approximate surface area is 193 Å². The molecule has 0 N–H and O–H groups in total. The van der Waals surface area contributed by atoms with E-state index >= 15 is 0 Å². The van der Waals surface area contributed by atoms with Crippen molar-refractivity contribution in [2.24, 2.45) is 5.92 Å². The van der Waals surface area contributed by atoms with Crippen LogP contribution in [-0.4, -0.2) is 60.8 Å². The Hall–Kier alpha value is -3.55. The largest absolute Gasteiger partial charge is 0.497 e. The standard InChI is InChI=1S/C25H30N4O4/c1-17(2)16-29-22-8-6-5-7-21(22)26-23(25(29)31)27-9-11-28(12-10-27)24(30)18-13-19(32-3)15-20(14-18)33-4/h5-8,13-15,17H,9-12,16H2,1-4H3. The molecule has 0 bridgehead atoms. The first-order valence-electron chi connectivity index (χ1n) is 11.2. The van der Waals surface area contributed by atoms with Crippen LogP contribution in [-0.2, 0) is 6.54 Å². The molecule has 1 saturated heterocycles. The van der Waals surface area contributed by atoms with Gasteiger partial charge in [0.2, 0.25) is 0 Å². The van der Waals surface area contributed by atoms with Crippen LogP contribution in [0, 0.1) is 5.92 Å². The fourth-order valence-corrected chi connectivity index (χ4v) is 4.17. The molecule has 0 radical (unpaired) electrons.